The van der Waals surface area contributed by atoms with Gasteiger partial charge in [-0.2, -0.15) is 0 Å². The van der Waals surface area contributed by atoms with Crippen LogP contribution in [0.25, 0.3) is 0 Å². The second-order valence-corrected chi connectivity index (χ2v) is 12.6. The summed E-state index contributed by atoms with van der Waals surface area (Å²) < 4.78 is 36.8. The van der Waals surface area contributed by atoms with Gasteiger partial charge < -0.3 is 28.4 Å². The van der Waals surface area contributed by atoms with Crippen molar-refractivity contribution in [2.75, 3.05) is 27.4 Å². The molecule has 0 unspecified atom stereocenters. The minimum atomic E-state index is -1.27. The van der Waals surface area contributed by atoms with Crippen LogP contribution in [-0.2, 0) is 31.0 Å². The zero-order valence-electron chi connectivity index (χ0n) is 29.8. The Morgan fingerprint density at radius 1 is 0.870 bits per heavy atom. The number of aryl methyl sites for hydroxylation is 1. The van der Waals surface area contributed by atoms with Gasteiger partial charge in [-0.05, 0) is 53.4 Å². The number of aromatic amines is 1. The van der Waals surface area contributed by atoms with E-state index < -0.39 is 46.4 Å². The van der Waals surface area contributed by atoms with Crippen molar-refractivity contribution in [3.8, 4) is 11.5 Å². The predicted molar refractivity (Wildman–Crippen MR) is 196 cm³/mol. The molecule has 0 amide bonds. The molecule has 14 nitrogen and oxygen atoms in total. The molecular weight excluding hydrogens is 698 g/mol. The number of nitro benzene ring substituents is 1. The summed E-state index contributed by atoms with van der Waals surface area (Å²) in [6.45, 7) is 1.24. The summed E-state index contributed by atoms with van der Waals surface area (Å²) in [5.41, 5.74) is 0.851. The highest BCUT2D eigenvalue weighted by Crippen LogP contribution is 2.45. The number of carbonyl (C=O) groups excluding carboxylic acids is 1. The topological polar surface area (TPSA) is 170 Å². The second-order valence-electron chi connectivity index (χ2n) is 12.6. The van der Waals surface area contributed by atoms with E-state index in [1.807, 2.05) is 78.9 Å². The molecule has 1 fully saturated rings. The minimum absolute atomic E-state index is 0.0389. The molecule has 54 heavy (non-hydrogen) atoms. The van der Waals surface area contributed by atoms with Crippen LogP contribution in [0, 0.1) is 17.0 Å². The Morgan fingerprint density at radius 3 is 2.04 bits per heavy atom. The van der Waals surface area contributed by atoms with Crippen LogP contribution < -0.4 is 20.7 Å². The molecule has 1 aliphatic rings. The summed E-state index contributed by atoms with van der Waals surface area (Å²) in [7, 11) is 3.17. The number of rotatable bonds is 14. The lowest BCUT2D eigenvalue weighted by atomic mass is 9.79. The Morgan fingerprint density at radius 2 is 1.46 bits per heavy atom. The molecule has 14 heteroatoms. The van der Waals surface area contributed by atoms with Crippen LogP contribution in [0.5, 0.6) is 11.5 Å². The summed E-state index contributed by atoms with van der Waals surface area (Å²) in [5, 5.41) is 11.0. The summed E-state index contributed by atoms with van der Waals surface area (Å²) in [6, 6.07) is 30.5. The molecule has 280 valence electrons. The maximum absolute atomic E-state index is 13.0. The van der Waals surface area contributed by atoms with Crippen molar-refractivity contribution in [1.82, 2.24) is 9.55 Å². The lowest BCUT2D eigenvalue weighted by molar-refractivity contribution is -0.384. The van der Waals surface area contributed by atoms with Crippen molar-refractivity contribution in [1.29, 1.82) is 0 Å². The summed E-state index contributed by atoms with van der Waals surface area (Å²) in [4.78, 5) is 50.9. The number of hydrogen-bond acceptors (Lipinski definition) is 11. The standard InChI is InChI=1S/C40H39N3O11/c1-26-24-42(38(45)41-37(26)44)36-23-34(35(53-36)25-52-39(46)51-22-21-27-9-15-31(16-10-27)43(47)48)54-40(28-7-5-4-6-8-28,29-11-17-32(49-2)18-12-29)30-13-19-33(50-3)20-14-30/h4-20,24,34-36H,21-23,25H2,1-3H3,(H,41,44,45)/t34-,35+,36+/m0/s1. The van der Waals surface area contributed by atoms with E-state index in [1.165, 1.54) is 22.9 Å². The Balaban J connectivity index is 1.33. The van der Waals surface area contributed by atoms with E-state index in [0.29, 0.717) is 23.5 Å². The molecule has 1 aliphatic heterocycles. The van der Waals surface area contributed by atoms with Crippen molar-refractivity contribution in [2.45, 2.75) is 43.8 Å². The second kappa shape index (κ2) is 16.6. The maximum Gasteiger partial charge on any atom is 0.508 e. The van der Waals surface area contributed by atoms with E-state index in [2.05, 4.69) is 4.98 Å². The predicted octanol–water partition coefficient (Wildman–Crippen LogP) is 5.83. The van der Waals surface area contributed by atoms with E-state index in [9.17, 15) is 24.5 Å². The van der Waals surface area contributed by atoms with Gasteiger partial charge in [0.2, 0.25) is 0 Å². The molecule has 6 rings (SSSR count). The van der Waals surface area contributed by atoms with Gasteiger partial charge in [-0.25, -0.2) is 9.59 Å². The highest BCUT2D eigenvalue weighted by molar-refractivity contribution is 5.60. The number of nitro groups is 1. The quantitative estimate of drug-likeness (QED) is 0.0630. The van der Waals surface area contributed by atoms with Gasteiger partial charge in [0, 0.05) is 36.7 Å². The molecule has 1 saturated heterocycles. The first-order chi connectivity index (χ1) is 26.1. The van der Waals surface area contributed by atoms with Gasteiger partial charge in [0.1, 0.15) is 36.0 Å². The summed E-state index contributed by atoms with van der Waals surface area (Å²) in [5.74, 6) is 1.29. The third kappa shape index (κ3) is 8.19. The van der Waals surface area contributed by atoms with Crippen molar-refractivity contribution in [3.63, 3.8) is 0 Å². The molecule has 1 N–H and O–H groups in total. The number of H-pyrrole nitrogens is 1. The first-order valence-corrected chi connectivity index (χ1v) is 17.1. The molecule has 5 aromatic rings. The van der Waals surface area contributed by atoms with Crippen LogP contribution >= 0.6 is 0 Å². The average molecular weight is 738 g/mol. The number of nitrogens with zero attached hydrogens (tertiary/aromatic N) is 2. The highest BCUT2D eigenvalue weighted by Gasteiger charge is 2.47. The van der Waals surface area contributed by atoms with E-state index in [1.54, 1.807) is 33.3 Å². The lowest BCUT2D eigenvalue weighted by Crippen LogP contribution is -2.41. The third-order valence-corrected chi connectivity index (χ3v) is 9.26. The van der Waals surface area contributed by atoms with Crippen molar-refractivity contribution >= 4 is 11.8 Å². The van der Waals surface area contributed by atoms with Crippen LogP contribution in [0.15, 0.2) is 119 Å². The number of hydrogen-bond donors (Lipinski definition) is 1. The number of carbonyl (C=O) groups is 1. The largest absolute Gasteiger partial charge is 0.508 e. The molecule has 4 aromatic carbocycles. The molecule has 1 aromatic heterocycles. The Kier molecular flexibility index (Phi) is 11.5. The van der Waals surface area contributed by atoms with E-state index in [4.69, 9.17) is 28.4 Å². The summed E-state index contributed by atoms with van der Waals surface area (Å²) >= 11 is 0. The Hall–Kier alpha value is -6.25. The normalized spacial score (nSPS) is 16.8. The number of non-ortho nitro benzene ring substituents is 1. The zero-order chi connectivity index (χ0) is 38.2. The monoisotopic (exact) mass is 737 g/mol. The lowest BCUT2D eigenvalue weighted by Gasteiger charge is -2.39. The van der Waals surface area contributed by atoms with Crippen LogP contribution in [-0.4, -0.2) is 60.3 Å². The van der Waals surface area contributed by atoms with Gasteiger partial charge in [0.15, 0.2) is 0 Å². The van der Waals surface area contributed by atoms with Crippen molar-refractivity contribution < 1.29 is 38.1 Å². The van der Waals surface area contributed by atoms with E-state index >= 15 is 0 Å². The molecular formula is C40H39N3O11. The Labute approximate surface area is 310 Å². The molecule has 0 spiro atoms. The molecule has 2 heterocycles. The molecule has 0 saturated carbocycles. The van der Waals surface area contributed by atoms with Gasteiger partial charge in [-0.1, -0.05) is 66.7 Å². The third-order valence-electron chi connectivity index (χ3n) is 9.26. The average Bonchev–Trinajstić information content (AvgIpc) is 3.60. The maximum atomic E-state index is 13.0. The van der Waals surface area contributed by atoms with Crippen LogP contribution in [0.3, 0.4) is 0 Å². The number of aromatic nitrogens is 2. The molecule has 3 atom stereocenters. The number of nitrogens with one attached hydrogen (secondary N) is 1. The summed E-state index contributed by atoms with van der Waals surface area (Å²) in [6.07, 6.45) is -1.70. The van der Waals surface area contributed by atoms with Crippen molar-refractivity contribution in [3.05, 3.63) is 168 Å². The molecule has 0 aliphatic carbocycles. The Bertz CT molecular complexity index is 2120. The van der Waals surface area contributed by atoms with Gasteiger partial charge in [-0.3, -0.25) is 24.5 Å². The number of methoxy groups -OCH3 is 2. The smallest absolute Gasteiger partial charge is 0.497 e. The number of benzene rings is 4. The number of ether oxygens (including phenoxy) is 6. The first kappa shape index (κ1) is 37.5. The van der Waals surface area contributed by atoms with Gasteiger partial charge in [0.05, 0.1) is 31.9 Å². The zero-order valence-corrected chi connectivity index (χ0v) is 29.8. The van der Waals surface area contributed by atoms with Crippen LogP contribution in [0.4, 0.5) is 10.5 Å². The molecule has 0 radical (unpaired) electrons. The van der Waals surface area contributed by atoms with Crippen LogP contribution in [0.1, 0.15) is 40.5 Å². The first-order valence-electron chi connectivity index (χ1n) is 17.1. The van der Waals surface area contributed by atoms with E-state index in [0.717, 1.165) is 22.3 Å². The SMILES string of the molecule is COc1ccc(C(O[C@H]2C[C@H](n3cc(C)c(=O)[nH]c3=O)O[C@@H]2COC(=O)OCCc2ccc([N+](=O)[O-])cc2)(c2ccccc2)c2ccc(OC)cc2)cc1. The minimum Gasteiger partial charge on any atom is -0.497 e. The van der Waals surface area contributed by atoms with Crippen LogP contribution in [0.2, 0.25) is 0 Å². The van der Waals surface area contributed by atoms with Gasteiger partial charge in [-0.15, -0.1) is 0 Å². The van der Waals surface area contributed by atoms with Gasteiger partial charge in [0.25, 0.3) is 11.2 Å². The highest BCUT2D eigenvalue weighted by atomic mass is 16.7. The van der Waals surface area contributed by atoms with E-state index in [-0.39, 0.29) is 25.3 Å². The van der Waals surface area contributed by atoms with Crippen molar-refractivity contribution in [2.24, 2.45) is 0 Å². The fourth-order valence-corrected chi connectivity index (χ4v) is 6.43. The fraction of sp³-hybridized carbons (Fsp3) is 0.275. The molecule has 0 bridgehead atoms. The van der Waals surface area contributed by atoms with Gasteiger partial charge >= 0.3 is 11.8 Å². The fourth-order valence-electron chi connectivity index (χ4n) is 6.43.